The van der Waals surface area contributed by atoms with Crippen molar-refractivity contribution in [2.45, 2.75) is 24.5 Å². The number of aromatic nitrogens is 2. The number of hydrogen-bond acceptors (Lipinski definition) is 8. The van der Waals surface area contributed by atoms with Crippen molar-refractivity contribution >= 4 is 13.6 Å². The Bertz CT molecular complexity index is 725. The number of nitrogens with zero attached hydrogens (tertiary/aromatic N) is 1. The average Bonchev–Trinajstić information content (AvgIpc) is 2.71. The number of nitrogens with one attached hydrogen (secondary N) is 2. The van der Waals surface area contributed by atoms with Crippen LogP contribution in [0.1, 0.15) is 6.23 Å². The smallest absolute Gasteiger partial charge is 0.387 e. The van der Waals surface area contributed by atoms with Crippen molar-refractivity contribution in [1.29, 1.82) is 0 Å². The number of aliphatic hydroxyl groups is 2. The van der Waals surface area contributed by atoms with Crippen LogP contribution < -0.4 is 16.6 Å². The molecule has 130 valence electrons. The molecule has 0 amide bonds. The molecule has 13 heteroatoms. The summed E-state index contributed by atoms with van der Waals surface area (Å²) in [5.41, 5.74) is -1.57. The molecule has 0 spiro atoms. The maximum atomic E-state index is 11.9. The molecule has 0 saturated carbocycles. The summed E-state index contributed by atoms with van der Waals surface area (Å²) in [4.78, 5) is 42.5. The average molecular weight is 353 g/mol. The highest BCUT2D eigenvalue weighted by Crippen LogP contribution is 2.38. The molecular weight excluding hydrogens is 337 g/mol. The predicted octanol–water partition coefficient (Wildman–Crippen LogP) is -2.69. The number of H-pyrrole nitrogens is 1. The Balaban J connectivity index is 2.30. The lowest BCUT2D eigenvalue weighted by Gasteiger charge is -2.20. The van der Waals surface area contributed by atoms with Gasteiger partial charge in [0.25, 0.3) is 5.56 Å². The van der Waals surface area contributed by atoms with Gasteiger partial charge in [0.1, 0.15) is 24.1 Å². The monoisotopic (exact) mass is 353 g/mol. The summed E-state index contributed by atoms with van der Waals surface area (Å²) >= 11 is 0. The van der Waals surface area contributed by atoms with Crippen LogP contribution in [0.5, 0.6) is 0 Å². The molecule has 0 bridgehead atoms. The van der Waals surface area contributed by atoms with Crippen molar-refractivity contribution in [3.63, 3.8) is 0 Å². The van der Waals surface area contributed by atoms with E-state index in [-0.39, 0.29) is 5.82 Å². The first-order valence-electron chi connectivity index (χ1n) is 6.39. The maximum Gasteiger partial charge on any atom is 0.469 e. The number of anilines is 1. The molecule has 12 nitrogen and oxygen atoms in total. The van der Waals surface area contributed by atoms with Crippen molar-refractivity contribution in [3.8, 4) is 0 Å². The standard InChI is InChI=1S/C10H16N3O9P/c1-11-5-2-6(14)12-10(17)13(5)9-8(16)7(15)4(22-9)3-21-23(18,19)20/h2,4,7-9,11,15-16H,3H2,1H3,(H,12,14,17)(H2,18,19,20)/t4-,7-,8-,9-/m1/s1. The van der Waals surface area contributed by atoms with Gasteiger partial charge in [-0.1, -0.05) is 0 Å². The SMILES string of the molecule is CNc1cc(=O)[nH]c(=O)n1[C@@H]1O[C@H](COP(=O)(O)O)[C@@H](O)[C@H]1O. The van der Waals surface area contributed by atoms with Crippen LogP contribution in [0.3, 0.4) is 0 Å². The molecule has 0 aromatic carbocycles. The molecular formula is C10H16N3O9P. The van der Waals surface area contributed by atoms with Gasteiger partial charge in [-0.15, -0.1) is 0 Å². The Morgan fingerprint density at radius 3 is 2.61 bits per heavy atom. The maximum absolute atomic E-state index is 11.9. The zero-order valence-electron chi connectivity index (χ0n) is 11.8. The lowest BCUT2D eigenvalue weighted by molar-refractivity contribution is -0.0532. The molecule has 1 aliphatic rings. The van der Waals surface area contributed by atoms with E-state index < -0.39 is 50.2 Å². The van der Waals surface area contributed by atoms with Crippen LogP contribution in [-0.2, 0) is 13.8 Å². The molecule has 0 unspecified atom stereocenters. The number of hydrogen-bond donors (Lipinski definition) is 6. The summed E-state index contributed by atoms with van der Waals surface area (Å²) in [5.74, 6) is 0.0200. The fraction of sp³-hybridized carbons (Fsp3) is 0.600. The second-order valence-electron chi connectivity index (χ2n) is 4.78. The highest BCUT2D eigenvalue weighted by Gasteiger charge is 2.45. The highest BCUT2D eigenvalue weighted by atomic mass is 31.2. The Morgan fingerprint density at radius 2 is 2.04 bits per heavy atom. The zero-order valence-corrected chi connectivity index (χ0v) is 12.7. The molecule has 6 N–H and O–H groups in total. The van der Waals surface area contributed by atoms with E-state index in [0.29, 0.717) is 0 Å². The predicted molar refractivity (Wildman–Crippen MR) is 74.8 cm³/mol. The van der Waals surface area contributed by atoms with Gasteiger partial charge in [0, 0.05) is 13.1 Å². The second kappa shape index (κ2) is 6.53. The van der Waals surface area contributed by atoms with Crippen LogP contribution in [0.25, 0.3) is 0 Å². The summed E-state index contributed by atoms with van der Waals surface area (Å²) in [5, 5.41) is 22.5. The van der Waals surface area contributed by atoms with E-state index in [9.17, 15) is 24.4 Å². The number of phosphoric acid groups is 1. The first-order valence-corrected chi connectivity index (χ1v) is 7.92. The van der Waals surface area contributed by atoms with Crippen molar-refractivity contribution in [2.75, 3.05) is 19.0 Å². The summed E-state index contributed by atoms with van der Waals surface area (Å²) in [6.45, 7) is -0.702. The third-order valence-electron chi connectivity index (χ3n) is 3.23. The molecule has 4 atom stereocenters. The highest BCUT2D eigenvalue weighted by molar-refractivity contribution is 7.46. The molecule has 0 aliphatic carbocycles. The Labute approximate surface area is 128 Å². The molecule has 1 aromatic heterocycles. The summed E-state index contributed by atoms with van der Waals surface area (Å²) in [7, 11) is -3.36. The van der Waals surface area contributed by atoms with Gasteiger partial charge in [-0.05, 0) is 0 Å². The summed E-state index contributed by atoms with van der Waals surface area (Å²) in [6, 6.07) is 1.04. The van der Waals surface area contributed by atoms with Gasteiger partial charge in [0.2, 0.25) is 0 Å². The minimum atomic E-state index is -4.79. The van der Waals surface area contributed by atoms with Crippen molar-refractivity contribution in [1.82, 2.24) is 9.55 Å². The minimum absolute atomic E-state index is 0.0200. The number of rotatable bonds is 5. The van der Waals surface area contributed by atoms with Gasteiger partial charge in [-0.25, -0.2) is 13.9 Å². The number of ether oxygens (including phenoxy) is 1. The van der Waals surface area contributed by atoms with Crippen molar-refractivity contribution in [3.05, 3.63) is 26.9 Å². The minimum Gasteiger partial charge on any atom is -0.387 e. The van der Waals surface area contributed by atoms with E-state index in [1.807, 2.05) is 4.98 Å². The topological polar surface area (TPSA) is 183 Å². The van der Waals surface area contributed by atoms with Crippen LogP contribution in [0, 0.1) is 0 Å². The van der Waals surface area contributed by atoms with Gasteiger partial charge < -0.3 is 30.1 Å². The van der Waals surface area contributed by atoms with Crippen LogP contribution in [0.4, 0.5) is 5.82 Å². The lowest BCUT2D eigenvalue weighted by Crippen LogP contribution is -2.39. The van der Waals surface area contributed by atoms with Gasteiger partial charge in [0.05, 0.1) is 6.61 Å². The van der Waals surface area contributed by atoms with Crippen LogP contribution >= 0.6 is 7.82 Å². The fourth-order valence-corrected chi connectivity index (χ4v) is 2.54. The summed E-state index contributed by atoms with van der Waals surface area (Å²) in [6.07, 6.45) is -5.82. The zero-order chi connectivity index (χ0) is 17.4. The molecule has 1 aliphatic heterocycles. The largest absolute Gasteiger partial charge is 0.469 e. The van der Waals surface area contributed by atoms with Crippen LogP contribution in [-0.4, -0.2) is 61.5 Å². The Kier molecular flexibility index (Phi) is 5.06. The first-order chi connectivity index (χ1) is 10.6. The number of aromatic amines is 1. The normalized spacial score (nSPS) is 28.0. The first kappa shape index (κ1) is 17.8. The molecule has 2 rings (SSSR count). The molecule has 2 heterocycles. The number of phosphoric ester groups is 1. The van der Waals surface area contributed by atoms with E-state index >= 15 is 0 Å². The Hall–Kier alpha value is -1.53. The van der Waals surface area contributed by atoms with E-state index in [0.717, 1.165) is 10.6 Å². The van der Waals surface area contributed by atoms with Gasteiger partial charge >= 0.3 is 13.5 Å². The quantitative estimate of drug-likeness (QED) is 0.305. The molecule has 1 aromatic rings. The third kappa shape index (κ3) is 3.87. The summed E-state index contributed by atoms with van der Waals surface area (Å²) < 4.78 is 21.1. The van der Waals surface area contributed by atoms with Gasteiger partial charge in [-0.2, -0.15) is 0 Å². The van der Waals surface area contributed by atoms with E-state index in [1.54, 1.807) is 0 Å². The van der Waals surface area contributed by atoms with Gasteiger partial charge in [0.15, 0.2) is 6.23 Å². The van der Waals surface area contributed by atoms with E-state index in [1.165, 1.54) is 7.05 Å². The van der Waals surface area contributed by atoms with Crippen LogP contribution in [0.2, 0.25) is 0 Å². The van der Waals surface area contributed by atoms with E-state index in [2.05, 4.69) is 9.84 Å². The Morgan fingerprint density at radius 1 is 1.39 bits per heavy atom. The molecule has 1 saturated heterocycles. The number of aliphatic hydroxyl groups excluding tert-OH is 2. The van der Waals surface area contributed by atoms with Gasteiger partial charge in [-0.3, -0.25) is 14.3 Å². The lowest BCUT2D eigenvalue weighted by atomic mass is 10.1. The molecule has 23 heavy (non-hydrogen) atoms. The fourth-order valence-electron chi connectivity index (χ4n) is 2.20. The second-order valence-corrected chi connectivity index (χ2v) is 6.02. The molecule has 1 fully saturated rings. The molecule has 0 radical (unpaired) electrons. The van der Waals surface area contributed by atoms with Crippen LogP contribution in [0.15, 0.2) is 15.7 Å². The van der Waals surface area contributed by atoms with Crippen molar-refractivity contribution < 1.29 is 33.8 Å². The van der Waals surface area contributed by atoms with E-state index in [4.69, 9.17) is 14.5 Å². The third-order valence-corrected chi connectivity index (χ3v) is 3.72. The van der Waals surface area contributed by atoms with Crippen molar-refractivity contribution in [2.24, 2.45) is 0 Å².